The summed E-state index contributed by atoms with van der Waals surface area (Å²) in [6, 6.07) is 10.5. The van der Waals surface area contributed by atoms with Crippen molar-refractivity contribution in [2.75, 3.05) is 12.4 Å². The summed E-state index contributed by atoms with van der Waals surface area (Å²) >= 11 is 5.07. The monoisotopic (exact) mass is 325 g/mol. The van der Waals surface area contributed by atoms with Crippen LogP contribution in [0.5, 0.6) is 0 Å². The minimum absolute atomic E-state index is 0.376. The van der Waals surface area contributed by atoms with Crippen molar-refractivity contribution in [1.29, 1.82) is 0 Å². The molecular weight excluding hydrogens is 312 g/mol. The van der Waals surface area contributed by atoms with Crippen LogP contribution in [0.15, 0.2) is 47.8 Å². The van der Waals surface area contributed by atoms with Crippen molar-refractivity contribution >= 4 is 40.0 Å². The number of fused-ring (bicyclic) bond motifs is 1. The van der Waals surface area contributed by atoms with Gasteiger partial charge in [-0.05, 0) is 47.7 Å². The summed E-state index contributed by atoms with van der Waals surface area (Å²) in [6.45, 7) is 0. The van der Waals surface area contributed by atoms with Crippen LogP contribution >= 0.6 is 12.2 Å². The van der Waals surface area contributed by atoms with Crippen molar-refractivity contribution in [2.24, 2.45) is 5.18 Å². The Kier molecular flexibility index (Phi) is 4.15. The Labute approximate surface area is 137 Å². The molecule has 0 fully saturated rings. The lowest BCUT2D eigenvalue weighted by Gasteiger charge is -2.02. The molecule has 0 radical (unpaired) electrons. The number of hydrogen-bond donors (Lipinski definition) is 2. The number of benzene rings is 1. The first kappa shape index (κ1) is 14.9. The number of aromatic nitrogens is 3. The first-order valence-electron chi connectivity index (χ1n) is 6.81. The number of nitrogens with zero attached hydrogens (tertiary/aromatic N) is 3. The molecule has 7 nitrogen and oxygen atoms in total. The Balaban J connectivity index is 1.98. The maximum absolute atomic E-state index is 10.5. The number of nitrogens with one attached hydrogen (secondary N) is 3. The Morgan fingerprint density at radius 1 is 1.22 bits per heavy atom. The fourth-order valence-electron chi connectivity index (χ4n) is 2.03. The highest BCUT2D eigenvalue weighted by Gasteiger charge is 2.11. The molecule has 0 spiro atoms. The van der Waals surface area contributed by atoms with Gasteiger partial charge in [0.2, 0.25) is 10.9 Å². The fourth-order valence-corrected chi connectivity index (χ4v) is 2.14. The van der Waals surface area contributed by atoms with Gasteiger partial charge in [0.1, 0.15) is 11.2 Å². The van der Waals surface area contributed by atoms with Crippen molar-refractivity contribution in [3.05, 3.63) is 47.5 Å². The minimum atomic E-state index is 0.376. The van der Waals surface area contributed by atoms with E-state index >= 15 is 0 Å². The zero-order valence-electron chi connectivity index (χ0n) is 12.2. The number of anilines is 1. The van der Waals surface area contributed by atoms with Gasteiger partial charge in [0.05, 0.1) is 6.20 Å². The second kappa shape index (κ2) is 6.41. The van der Waals surface area contributed by atoms with Gasteiger partial charge in [-0.15, -0.1) is 4.91 Å². The Bertz CT molecular complexity index is 881. The highest BCUT2D eigenvalue weighted by atomic mass is 32.1. The van der Waals surface area contributed by atoms with Crippen LogP contribution in [-0.4, -0.2) is 22.1 Å². The van der Waals surface area contributed by atoms with Crippen LogP contribution < -0.4 is 15.6 Å². The standard InChI is InChI=1S/C15H12N6OS/c1-16-15(23)20-13-7-6-11-14(19-13)18-12(8-17-11)9-2-4-10(21-22)5-3-9/h2-8H,1H3,(H2,16,18,19,20,23)/p+1. The van der Waals surface area contributed by atoms with E-state index in [2.05, 4.69) is 30.8 Å². The van der Waals surface area contributed by atoms with E-state index in [0.717, 1.165) is 11.1 Å². The largest absolute Gasteiger partial charge is 0.353 e. The molecule has 1 aromatic carbocycles. The van der Waals surface area contributed by atoms with Crippen LogP contribution in [0.3, 0.4) is 0 Å². The molecule has 3 aromatic rings. The SMILES string of the molecule is CNC(=S)Nc1ccc2ncc(-c3ccc(N=O)cc3)nc2[nH+]1. The lowest BCUT2D eigenvalue weighted by atomic mass is 10.1. The molecule has 114 valence electrons. The van der Waals surface area contributed by atoms with E-state index in [9.17, 15) is 4.91 Å². The number of aromatic amines is 1. The maximum atomic E-state index is 10.5. The van der Waals surface area contributed by atoms with Gasteiger partial charge in [-0.1, -0.05) is 4.98 Å². The normalized spacial score (nSPS) is 10.3. The summed E-state index contributed by atoms with van der Waals surface area (Å²) in [5.41, 5.74) is 3.29. The second-order valence-electron chi connectivity index (χ2n) is 4.70. The second-order valence-corrected chi connectivity index (χ2v) is 5.11. The van der Waals surface area contributed by atoms with Crippen molar-refractivity contribution in [1.82, 2.24) is 15.3 Å². The van der Waals surface area contributed by atoms with Gasteiger partial charge < -0.3 is 5.32 Å². The van der Waals surface area contributed by atoms with Gasteiger partial charge >= 0.3 is 0 Å². The van der Waals surface area contributed by atoms with Gasteiger partial charge in [0.15, 0.2) is 5.69 Å². The van der Waals surface area contributed by atoms with Crippen molar-refractivity contribution in [2.45, 2.75) is 0 Å². The van der Waals surface area contributed by atoms with Crippen LogP contribution in [0, 0.1) is 4.91 Å². The summed E-state index contributed by atoms with van der Waals surface area (Å²) < 4.78 is 0. The third-order valence-electron chi connectivity index (χ3n) is 3.21. The van der Waals surface area contributed by atoms with Crippen molar-refractivity contribution in [3.63, 3.8) is 0 Å². The molecule has 3 N–H and O–H groups in total. The lowest BCUT2D eigenvalue weighted by Crippen LogP contribution is -2.28. The van der Waals surface area contributed by atoms with E-state index < -0.39 is 0 Å². The van der Waals surface area contributed by atoms with E-state index in [0.29, 0.717) is 28.0 Å². The molecule has 0 atom stereocenters. The van der Waals surface area contributed by atoms with Crippen molar-refractivity contribution < 1.29 is 4.98 Å². The molecule has 0 unspecified atom stereocenters. The predicted octanol–water partition coefficient (Wildman–Crippen LogP) is 2.42. The summed E-state index contributed by atoms with van der Waals surface area (Å²) in [6.07, 6.45) is 1.69. The number of H-pyrrole nitrogens is 1. The molecule has 0 saturated carbocycles. The predicted molar refractivity (Wildman–Crippen MR) is 92.3 cm³/mol. The smallest absolute Gasteiger partial charge is 0.286 e. The Hall–Kier alpha value is -3.00. The average molecular weight is 325 g/mol. The van der Waals surface area contributed by atoms with Gasteiger partial charge in [-0.3, -0.25) is 0 Å². The van der Waals surface area contributed by atoms with Gasteiger partial charge in [0.25, 0.3) is 5.65 Å². The van der Waals surface area contributed by atoms with Crippen LogP contribution in [0.1, 0.15) is 0 Å². The lowest BCUT2D eigenvalue weighted by molar-refractivity contribution is -0.329. The van der Waals surface area contributed by atoms with E-state index in [1.165, 1.54) is 0 Å². The molecule has 2 aromatic heterocycles. The molecule has 23 heavy (non-hydrogen) atoms. The molecule has 0 aliphatic carbocycles. The summed E-state index contributed by atoms with van der Waals surface area (Å²) in [5, 5.41) is 9.23. The van der Waals surface area contributed by atoms with E-state index in [1.807, 2.05) is 12.1 Å². The van der Waals surface area contributed by atoms with Crippen LogP contribution in [0.2, 0.25) is 0 Å². The molecule has 0 amide bonds. The van der Waals surface area contributed by atoms with E-state index in [1.54, 1.807) is 37.5 Å². The molecule has 0 bridgehead atoms. The fraction of sp³-hybridized carbons (Fsp3) is 0.0667. The third kappa shape index (κ3) is 3.27. The van der Waals surface area contributed by atoms with Crippen LogP contribution in [0.4, 0.5) is 11.5 Å². The summed E-state index contributed by atoms with van der Waals surface area (Å²) in [4.78, 5) is 22.6. The average Bonchev–Trinajstić information content (AvgIpc) is 2.61. The molecule has 2 heterocycles. The first-order valence-corrected chi connectivity index (χ1v) is 7.22. The first-order chi connectivity index (χ1) is 11.2. The highest BCUT2D eigenvalue weighted by molar-refractivity contribution is 7.80. The molecule has 3 rings (SSSR count). The Morgan fingerprint density at radius 2 is 2.00 bits per heavy atom. The summed E-state index contributed by atoms with van der Waals surface area (Å²) in [5.74, 6) is 0.712. The Morgan fingerprint density at radius 3 is 2.70 bits per heavy atom. The molecule has 0 saturated heterocycles. The minimum Gasteiger partial charge on any atom is -0.353 e. The van der Waals surface area contributed by atoms with Crippen molar-refractivity contribution in [3.8, 4) is 11.3 Å². The molecule has 0 aliphatic rings. The van der Waals surface area contributed by atoms with E-state index in [4.69, 9.17) is 12.2 Å². The zero-order chi connectivity index (χ0) is 16.2. The zero-order valence-corrected chi connectivity index (χ0v) is 13.0. The van der Waals surface area contributed by atoms with Crippen LogP contribution in [0.25, 0.3) is 22.4 Å². The quantitative estimate of drug-likeness (QED) is 0.567. The molecule has 0 aliphatic heterocycles. The number of nitroso groups, excluding NO2 is 1. The number of rotatable bonds is 3. The van der Waals surface area contributed by atoms with Gasteiger partial charge in [0, 0.05) is 18.7 Å². The highest BCUT2D eigenvalue weighted by Crippen LogP contribution is 2.21. The molecular formula is C15H13N6OS+. The van der Waals surface area contributed by atoms with Crippen LogP contribution in [-0.2, 0) is 0 Å². The van der Waals surface area contributed by atoms with Gasteiger partial charge in [-0.2, -0.15) is 0 Å². The number of thiocarbonyl (C=S) groups is 1. The number of hydrogen-bond acceptors (Lipinski definition) is 5. The topological polar surface area (TPSA) is 93.4 Å². The molecule has 8 heteroatoms. The number of pyridine rings is 1. The van der Waals surface area contributed by atoms with E-state index in [-0.39, 0.29) is 0 Å². The maximum Gasteiger partial charge on any atom is 0.286 e. The third-order valence-corrected chi connectivity index (χ3v) is 3.51. The van der Waals surface area contributed by atoms with Gasteiger partial charge in [-0.25, -0.2) is 15.3 Å². The summed E-state index contributed by atoms with van der Waals surface area (Å²) in [7, 11) is 1.74.